The van der Waals surface area contributed by atoms with Gasteiger partial charge in [0.25, 0.3) is 10.1 Å². The van der Waals surface area contributed by atoms with Crippen molar-refractivity contribution in [2.24, 2.45) is 0 Å². The van der Waals surface area contributed by atoms with Crippen LogP contribution in [0.5, 0.6) is 0 Å². The van der Waals surface area contributed by atoms with Crippen LogP contribution in [0, 0.1) is 0 Å². The minimum absolute atomic E-state index is 0.279. The summed E-state index contributed by atoms with van der Waals surface area (Å²) in [6.45, 7) is 3.86. The molecule has 0 amide bonds. The number of ether oxygens (including phenoxy) is 1. The van der Waals surface area contributed by atoms with Crippen LogP contribution in [-0.2, 0) is 19.6 Å². The van der Waals surface area contributed by atoms with Crippen LogP contribution in [0.4, 0.5) is 0 Å². The van der Waals surface area contributed by atoms with Gasteiger partial charge in [-0.25, -0.2) is 0 Å². The number of carbonyl (C=O) groups excluding carboxylic acids is 1. The molecule has 0 saturated carbocycles. The summed E-state index contributed by atoms with van der Waals surface area (Å²) in [5, 5.41) is -1.54. The summed E-state index contributed by atoms with van der Waals surface area (Å²) >= 11 is 0. The molecule has 21 heavy (non-hydrogen) atoms. The van der Waals surface area contributed by atoms with Gasteiger partial charge in [-0.05, 0) is 32.3 Å². The van der Waals surface area contributed by atoms with Crippen LogP contribution in [0.25, 0.3) is 5.76 Å². The first-order valence-electron chi connectivity index (χ1n) is 6.73. The molecule has 5 nitrogen and oxygen atoms in total. The third-order valence-electron chi connectivity index (χ3n) is 3.95. The minimum atomic E-state index is -4.51. The molecule has 0 radical (unpaired) electrons. The Morgan fingerprint density at radius 2 is 1.95 bits per heavy atom. The maximum Gasteiger partial charge on any atom is 0.279 e. The van der Waals surface area contributed by atoms with Crippen LogP contribution < -0.4 is 0 Å². The average Bonchev–Trinajstić information content (AvgIpc) is 2.36. The molecule has 1 aromatic carbocycles. The second-order valence-corrected chi connectivity index (χ2v) is 7.52. The summed E-state index contributed by atoms with van der Waals surface area (Å²) in [6.07, 6.45) is 1.07. The molecule has 1 aliphatic heterocycles. The van der Waals surface area contributed by atoms with E-state index in [1.807, 2.05) is 13.8 Å². The zero-order valence-corrected chi connectivity index (χ0v) is 12.6. The summed E-state index contributed by atoms with van der Waals surface area (Å²) in [5.74, 6) is -0.131. The number of fused-ring (bicyclic) bond motifs is 2. The van der Waals surface area contributed by atoms with Crippen molar-refractivity contribution in [3.63, 3.8) is 0 Å². The Kier molecular flexibility index (Phi) is 3.00. The van der Waals surface area contributed by atoms with E-state index in [4.69, 9.17) is 4.74 Å². The van der Waals surface area contributed by atoms with Crippen molar-refractivity contribution in [3.05, 3.63) is 41.0 Å². The molecule has 3 rings (SSSR count). The summed E-state index contributed by atoms with van der Waals surface area (Å²) in [4.78, 5) is 12.5. The topological polar surface area (TPSA) is 80.7 Å². The van der Waals surface area contributed by atoms with Crippen LogP contribution in [0.1, 0.15) is 43.1 Å². The van der Waals surface area contributed by atoms with Gasteiger partial charge in [0.15, 0.2) is 11.0 Å². The number of carbonyl (C=O) groups is 1. The van der Waals surface area contributed by atoms with E-state index in [9.17, 15) is 17.8 Å². The lowest BCUT2D eigenvalue weighted by molar-refractivity contribution is -0.116. The zero-order valence-electron chi connectivity index (χ0n) is 11.8. The van der Waals surface area contributed by atoms with Gasteiger partial charge in [-0.15, -0.1) is 0 Å². The lowest BCUT2D eigenvalue weighted by Crippen LogP contribution is -2.35. The van der Waals surface area contributed by atoms with Gasteiger partial charge in [0, 0.05) is 11.1 Å². The van der Waals surface area contributed by atoms with Crippen molar-refractivity contribution >= 4 is 21.7 Å². The first kappa shape index (κ1) is 14.3. The quantitative estimate of drug-likeness (QED) is 0.806. The Bertz CT molecular complexity index is 758. The number of rotatable bonds is 1. The van der Waals surface area contributed by atoms with Crippen LogP contribution >= 0.6 is 0 Å². The fraction of sp³-hybridized carbons (Fsp3) is 0.400. The van der Waals surface area contributed by atoms with Crippen molar-refractivity contribution in [2.75, 3.05) is 0 Å². The molecule has 1 N–H and O–H groups in total. The van der Waals surface area contributed by atoms with Crippen molar-refractivity contribution in [2.45, 2.75) is 37.5 Å². The first-order valence-corrected chi connectivity index (χ1v) is 8.23. The maximum atomic E-state index is 12.5. The number of Topliss-reactive ketones (excluding diaryl/α,β-unsaturated/α-hetero) is 1. The van der Waals surface area contributed by atoms with Crippen molar-refractivity contribution in [1.29, 1.82) is 0 Å². The van der Waals surface area contributed by atoms with E-state index in [0.29, 0.717) is 29.7 Å². The number of ketones is 1. The van der Waals surface area contributed by atoms with E-state index in [2.05, 4.69) is 0 Å². The smallest absolute Gasteiger partial charge is 0.279 e. The monoisotopic (exact) mass is 308 g/mol. The van der Waals surface area contributed by atoms with Gasteiger partial charge < -0.3 is 4.74 Å². The second kappa shape index (κ2) is 4.42. The largest absolute Gasteiger partial charge is 0.487 e. The van der Waals surface area contributed by atoms with E-state index < -0.39 is 26.8 Å². The molecule has 1 aromatic rings. The Labute approximate surface area is 123 Å². The molecule has 0 saturated heterocycles. The second-order valence-electron chi connectivity index (χ2n) is 6.02. The van der Waals surface area contributed by atoms with E-state index in [1.54, 1.807) is 24.3 Å². The summed E-state index contributed by atoms with van der Waals surface area (Å²) < 4.78 is 38.6. The summed E-state index contributed by atoms with van der Waals surface area (Å²) in [7, 11) is -4.51. The number of allylic oxidation sites excluding steroid dienone is 1. The van der Waals surface area contributed by atoms with Crippen LogP contribution in [0.15, 0.2) is 29.8 Å². The summed E-state index contributed by atoms with van der Waals surface area (Å²) in [5.41, 5.74) is 0.802. The number of hydrogen-bond donors (Lipinski definition) is 1. The highest BCUT2D eigenvalue weighted by Crippen LogP contribution is 2.45. The highest BCUT2D eigenvalue weighted by Gasteiger charge is 2.45. The normalized spacial score (nSPS) is 24.1. The van der Waals surface area contributed by atoms with Gasteiger partial charge in [0.05, 0.1) is 0 Å². The van der Waals surface area contributed by atoms with E-state index in [0.717, 1.165) is 0 Å². The third-order valence-corrected chi connectivity index (χ3v) is 5.01. The van der Waals surface area contributed by atoms with Crippen molar-refractivity contribution in [1.82, 2.24) is 0 Å². The lowest BCUT2D eigenvalue weighted by atomic mass is 9.83. The van der Waals surface area contributed by atoms with Crippen molar-refractivity contribution < 1.29 is 22.5 Å². The SMILES string of the molecule is CC1(C)CCC2=C(O1)c1ccccc1C(S(=O)(=O)O)C2=O. The van der Waals surface area contributed by atoms with Gasteiger partial charge in [-0.1, -0.05) is 24.3 Å². The van der Waals surface area contributed by atoms with Crippen LogP contribution in [-0.4, -0.2) is 24.4 Å². The number of hydrogen-bond acceptors (Lipinski definition) is 4. The van der Waals surface area contributed by atoms with E-state index in [1.165, 1.54) is 0 Å². The minimum Gasteiger partial charge on any atom is -0.487 e. The molecule has 1 unspecified atom stereocenters. The Morgan fingerprint density at radius 1 is 1.29 bits per heavy atom. The molecule has 1 aliphatic carbocycles. The molecule has 1 atom stereocenters. The molecular formula is C15H16O5S. The molecule has 0 spiro atoms. The fourth-order valence-corrected chi connectivity index (χ4v) is 3.85. The van der Waals surface area contributed by atoms with Crippen molar-refractivity contribution in [3.8, 4) is 0 Å². The lowest BCUT2D eigenvalue weighted by Gasteiger charge is -2.37. The average molecular weight is 308 g/mol. The highest BCUT2D eigenvalue weighted by molar-refractivity contribution is 7.86. The Morgan fingerprint density at radius 3 is 2.62 bits per heavy atom. The van der Waals surface area contributed by atoms with Crippen LogP contribution in [0.2, 0.25) is 0 Å². The maximum absolute atomic E-state index is 12.5. The number of benzene rings is 1. The Hall–Kier alpha value is -1.66. The van der Waals surface area contributed by atoms with Crippen LogP contribution in [0.3, 0.4) is 0 Å². The molecule has 2 aliphatic rings. The van der Waals surface area contributed by atoms with Gasteiger partial charge in [-0.3, -0.25) is 9.35 Å². The van der Waals surface area contributed by atoms with E-state index in [-0.39, 0.29) is 5.56 Å². The van der Waals surface area contributed by atoms with E-state index >= 15 is 0 Å². The fourth-order valence-electron chi connectivity index (χ4n) is 2.91. The molecule has 0 aromatic heterocycles. The molecule has 0 fully saturated rings. The van der Waals surface area contributed by atoms with Gasteiger partial charge >= 0.3 is 0 Å². The third kappa shape index (κ3) is 2.28. The predicted molar refractivity (Wildman–Crippen MR) is 77.1 cm³/mol. The summed E-state index contributed by atoms with van der Waals surface area (Å²) in [6, 6.07) is 6.66. The highest BCUT2D eigenvalue weighted by atomic mass is 32.2. The van der Waals surface area contributed by atoms with Gasteiger partial charge in [-0.2, -0.15) is 8.42 Å². The molecular weight excluding hydrogens is 292 g/mol. The zero-order chi connectivity index (χ0) is 15.4. The molecule has 6 heteroatoms. The Balaban J connectivity index is 2.26. The van der Waals surface area contributed by atoms with Gasteiger partial charge in [0.1, 0.15) is 11.4 Å². The molecule has 1 heterocycles. The molecule has 0 bridgehead atoms. The first-order chi connectivity index (χ1) is 9.71. The molecule has 112 valence electrons. The predicted octanol–water partition coefficient (Wildman–Crippen LogP) is 2.50. The van der Waals surface area contributed by atoms with Gasteiger partial charge in [0.2, 0.25) is 0 Å². The standard InChI is InChI=1S/C15H16O5S/c1-15(2)8-7-11-12(16)14(21(17,18)19)10-6-4-3-5-9(10)13(11)20-15/h3-6,14H,7-8H2,1-2H3,(H,17,18,19).